The molecule has 3 nitrogen and oxygen atoms in total. The molecule has 0 fully saturated rings. The lowest BCUT2D eigenvalue weighted by atomic mass is 10.2. The molecular formula is C6H8O3. The molecule has 0 aliphatic heterocycles. The van der Waals surface area contributed by atoms with Crippen LogP contribution in [0.2, 0.25) is 0 Å². The Hall–Kier alpha value is -1.25. The van der Waals surface area contributed by atoms with Gasteiger partial charge in [-0.15, -0.1) is 0 Å². The number of carboxylic acid groups (broad SMARTS) is 1. The fourth-order valence-corrected chi connectivity index (χ4v) is 0.282. The van der Waals surface area contributed by atoms with E-state index in [1.165, 1.54) is 6.08 Å². The van der Waals surface area contributed by atoms with Crippen LogP contribution in [-0.4, -0.2) is 16.2 Å². The zero-order valence-corrected chi connectivity index (χ0v) is 4.87. The minimum absolute atomic E-state index is 0.0697. The molecule has 0 atom stereocenters. The fraction of sp³-hybridized carbons (Fsp3) is 0.167. The summed E-state index contributed by atoms with van der Waals surface area (Å²) in [6.07, 6.45) is 2.30. The molecule has 0 saturated heterocycles. The fourth-order valence-electron chi connectivity index (χ4n) is 0.282. The number of carboxylic acids is 1. The summed E-state index contributed by atoms with van der Waals surface area (Å²) in [6.45, 7) is 3.23. The van der Waals surface area contributed by atoms with E-state index in [1.807, 2.05) is 0 Å². The minimum Gasteiger partial charge on any atom is -0.516 e. The number of hydrogen-bond acceptors (Lipinski definition) is 2. The number of aliphatic hydroxyl groups is 1. The number of rotatable bonds is 3. The SMILES string of the molecule is C=C(CC=CO)C(=O)O. The maximum atomic E-state index is 9.99. The average molecular weight is 128 g/mol. The van der Waals surface area contributed by atoms with Crippen molar-refractivity contribution in [3.05, 3.63) is 24.5 Å². The van der Waals surface area contributed by atoms with Gasteiger partial charge in [-0.1, -0.05) is 6.58 Å². The number of hydrogen-bond donors (Lipinski definition) is 2. The van der Waals surface area contributed by atoms with Gasteiger partial charge in [0.05, 0.1) is 6.26 Å². The van der Waals surface area contributed by atoms with Crippen LogP contribution in [-0.2, 0) is 4.79 Å². The molecule has 0 spiro atoms. The molecule has 0 aromatic heterocycles. The monoisotopic (exact) mass is 128 g/mol. The second-order valence-electron chi connectivity index (χ2n) is 1.50. The van der Waals surface area contributed by atoms with Crippen molar-refractivity contribution < 1.29 is 15.0 Å². The Morgan fingerprint density at radius 3 is 2.56 bits per heavy atom. The highest BCUT2D eigenvalue weighted by atomic mass is 16.4. The van der Waals surface area contributed by atoms with Gasteiger partial charge in [-0.05, 0) is 6.08 Å². The highest BCUT2D eigenvalue weighted by Gasteiger charge is 1.98. The van der Waals surface area contributed by atoms with E-state index >= 15 is 0 Å². The van der Waals surface area contributed by atoms with Crippen LogP contribution in [0.25, 0.3) is 0 Å². The highest BCUT2D eigenvalue weighted by Crippen LogP contribution is 1.97. The quantitative estimate of drug-likeness (QED) is 0.441. The van der Waals surface area contributed by atoms with Crippen LogP contribution in [0.4, 0.5) is 0 Å². The average Bonchev–Trinajstić information content (AvgIpc) is 1.82. The first-order valence-corrected chi connectivity index (χ1v) is 2.38. The second-order valence-corrected chi connectivity index (χ2v) is 1.50. The van der Waals surface area contributed by atoms with Crippen LogP contribution in [0, 0.1) is 0 Å². The molecule has 0 radical (unpaired) electrons. The highest BCUT2D eigenvalue weighted by molar-refractivity contribution is 5.85. The third kappa shape index (κ3) is 3.34. The lowest BCUT2D eigenvalue weighted by Gasteiger charge is -1.89. The van der Waals surface area contributed by atoms with Crippen molar-refractivity contribution in [1.29, 1.82) is 0 Å². The molecule has 0 rings (SSSR count). The van der Waals surface area contributed by atoms with E-state index in [0.29, 0.717) is 0 Å². The van der Waals surface area contributed by atoms with Crippen molar-refractivity contribution in [1.82, 2.24) is 0 Å². The van der Waals surface area contributed by atoms with Gasteiger partial charge in [-0.25, -0.2) is 4.79 Å². The molecule has 50 valence electrons. The van der Waals surface area contributed by atoms with Crippen LogP contribution >= 0.6 is 0 Å². The van der Waals surface area contributed by atoms with Crippen molar-refractivity contribution >= 4 is 5.97 Å². The van der Waals surface area contributed by atoms with E-state index in [9.17, 15) is 4.79 Å². The Morgan fingerprint density at radius 2 is 2.22 bits per heavy atom. The van der Waals surface area contributed by atoms with Gasteiger partial charge >= 0.3 is 5.97 Å². The second kappa shape index (κ2) is 3.72. The van der Waals surface area contributed by atoms with Gasteiger partial charge in [0.25, 0.3) is 0 Å². The molecule has 0 amide bonds. The molecule has 0 saturated carbocycles. The van der Waals surface area contributed by atoms with Crippen LogP contribution < -0.4 is 0 Å². The van der Waals surface area contributed by atoms with E-state index in [0.717, 1.165) is 6.26 Å². The van der Waals surface area contributed by atoms with Crippen molar-refractivity contribution in [3.63, 3.8) is 0 Å². The molecule has 0 aliphatic rings. The van der Waals surface area contributed by atoms with Gasteiger partial charge in [-0.2, -0.15) is 0 Å². The largest absolute Gasteiger partial charge is 0.516 e. The van der Waals surface area contributed by atoms with E-state index in [-0.39, 0.29) is 12.0 Å². The molecular weight excluding hydrogens is 120 g/mol. The third-order valence-electron chi connectivity index (χ3n) is 0.772. The summed E-state index contributed by atoms with van der Waals surface area (Å²) < 4.78 is 0. The first-order chi connectivity index (χ1) is 4.18. The van der Waals surface area contributed by atoms with E-state index in [2.05, 4.69) is 6.58 Å². The number of aliphatic hydroxyl groups excluding tert-OH is 1. The van der Waals surface area contributed by atoms with Crippen molar-refractivity contribution in [3.8, 4) is 0 Å². The molecule has 0 heterocycles. The van der Waals surface area contributed by atoms with Crippen molar-refractivity contribution in [2.75, 3.05) is 0 Å². The summed E-state index contributed by atoms with van der Waals surface area (Å²) in [7, 11) is 0. The van der Waals surface area contributed by atoms with Gasteiger partial charge < -0.3 is 10.2 Å². The zero-order chi connectivity index (χ0) is 7.28. The van der Waals surface area contributed by atoms with Gasteiger partial charge in [0.15, 0.2) is 0 Å². The Labute approximate surface area is 52.9 Å². The molecule has 0 unspecified atom stereocenters. The molecule has 0 aromatic rings. The topological polar surface area (TPSA) is 57.5 Å². The number of aliphatic carboxylic acids is 1. The first kappa shape index (κ1) is 7.75. The van der Waals surface area contributed by atoms with Gasteiger partial charge in [0.1, 0.15) is 0 Å². The standard InChI is InChI=1S/C6H8O3/c1-5(6(8)9)3-2-4-7/h2,4,7H,1,3H2,(H,8,9). The number of carbonyl (C=O) groups is 1. The van der Waals surface area contributed by atoms with E-state index in [4.69, 9.17) is 10.2 Å². The predicted molar refractivity (Wildman–Crippen MR) is 33.2 cm³/mol. The first-order valence-electron chi connectivity index (χ1n) is 2.38. The zero-order valence-electron chi connectivity index (χ0n) is 4.87. The van der Waals surface area contributed by atoms with Crippen LogP contribution in [0.5, 0.6) is 0 Å². The molecule has 3 heteroatoms. The van der Waals surface area contributed by atoms with Gasteiger partial charge in [0, 0.05) is 12.0 Å². The normalized spacial score (nSPS) is 9.78. The number of allylic oxidation sites excluding steroid dienone is 1. The molecule has 0 aromatic carbocycles. The summed E-state index contributed by atoms with van der Waals surface area (Å²) in [4.78, 5) is 9.99. The van der Waals surface area contributed by atoms with E-state index < -0.39 is 5.97 Å². The summed E-state index contributed by atoms with van der Waals surface area (Å²) in [6, 6.07) is 0. The molecule has 0 bridgehead atoms. The van der Waals surface area contributed by atoms with E-state index in [1.54, 1.807) is 0 Å². The van der Waals surface area contributed by atoms with Crippen LogP contribution in [0.15, 0.2) is 24.5 Å². The maximum Gasteiger partial charge on any atom is 0.331 e. The van der Waals surface area contributed by atoms with Gasteiger partial charge in [0.2, 0.25) is 0 Å². The summed E-state index contributed by atoms with van der Waals surface area (Å²) in [5.41, 5.74) is 0.0697. The maximum absolute atomic E-state index is 9.99. The van der Waals surface area contributed by atoms with Crippen LogP contribution in [0.1, 0.15) is 6.42 Å². The Bertz CT molecular complexity index is 146. The van der Waals surface area contributed by atoms with Crippen molar-refractivity contribution in [2.24, 2.45) is 0 Å². The Kier molecular flexibility index (Phi) is 3.20. The summed E-state index contributed by atoms with van der Waals surface area (Å²) in [5, 5.41) is 16.3. The summed E-state index contributed by atoms with van der Waals surface area (Å²) >= 11 is 0. The lowest BCUT2D eigenvalue weighted by molar-refractivity contribution is -0.132. The Balaban J connectivity index is 3.65. The summed E-state index contributed by atoms with van der Waals surface area (Å²) in [5.74, 6) is -1.03. The smallest absolute Gasteiger partial charge is 0.331 e. The van der Waals surface area contributed by atoms with Gasteiger partial charge in [-0.3, -0.25) is 0 Å². The molecule has 2 N–H and O–H groups in total. The predicted octanol–water partition coefficient (Wildman–Crippen LogP) is 1.09. The van der Waals surface area contributed by atoms with Crippen molar-refractivity contribution in [2.45, 2.75) is 6.42 Å². The van der Waals surface area contributed by atoms with Crippen LogP contribution in [0.3, 0.4) is 0 Å². The molecule has 9 heavy (non-hydrogen) atoms. The third-order valence-corrected chi connectivity index (χ3v) is 0.772. The Morgan fingerprint density at radius 1 is 1.67 bits per heavy atom. The lowest BCUT2D eigenvalue weighted by Crippen LogP contribution is -1.96. The minimum atomic E-state index is -1.03. The molecule has 0 aliphatic carbocycles.